The summed E-state index contributed by atoms with van der Waals surface area (Å²) >= 11 is 0. The molecule has 1 aliphatic rings. The molecule has 1 aromatic carbocycles. The first-order chi connectivity index (χ1) is 8.05. The normalized spacial score (nSPS) is 25.1. The maximum Gasteiger partial charge on any atom is 0.0883 e. The highest BCUT2D eigenvalue weighted by molar-refractivity contribution is 5.13. The van der Waals surface area contributed by atoms with Crippen molar-refractivity contribution in [2.45, 2.75) is 44.7 Å². The molecule has 1 saturated heterocycles. The summed E-state index contributed by atoms with van der Waals surface area (Å²) < 4.78 is 11.3. The fourth-order valence-electron chi connectivity index (χ4n) is 2.00. The Morgan fingerprint density at radius 3 is 2.65 bits per heavy atom. The van der Waals surface area contributed by atoms with Gasteiger partial charge < -0.3 is 14.6 Å². The molecule has 0 aliphatic carbocycles. The largest absolute Gasteiger partial charge is 0.388 e. The van der Waals surface area contributed by atoms with Crippen LogP contribution >= 0.6 is 0 Å². The molecule has 1 aliphatic heterocycles. The van der Waals surface area contributed by atoms with Crippen molar-refractivity contribution in [1.82, 2.24) is 0 Å². The summed E-state index contributed by atoms with van der Waals surface area (Å²) in [5, 5.41) is 9.84. The predicted octanol–water partition coefficient (Wildman–Crippen LogP) is 2.13. The van der Waals surface area contributed by atoms with Crippen molar-refractivity contribution in [3.63, 3.8) is 0 Å². The Kier molecular flexibility index (Phi) is 3.82. The molecule has 2 rings (SSSR count). The van der Waals surface area contributed by atoms with E-state index in [4.69, 9.17) is 9.47 Å². The van der Waals surface area contributed by atoms with Crippen LogP contribution in [0.3, 0.4) is 0 Å². The van der Waals surface area contributed by atoms with Gasteiger partial charge in [-0.25, -0.2) is 0 Å². The van der Waals surface area contributed by atoms with Crippen molar-refractivity contribution in [3.05, 3.63) is 35.9 Å². The van der Waals surface area contributed by atoms with E-state index in [0.717, 1.165) is 6.42 Å². The Balaban J connectivity index is 1.79. The van der Waals surface area contributed by atoms with E-state index < -0.39 is 5.60 Å². The molecule has 0 bridgehead atoms. The third-order valence-corrected chi connectivity index (χ3v) is 3.08. The molecular formula is C14H20O3. The van der Waals surface area contributed by atoms with Gasteiger partial charge in [-0.05, 0) is 19.4 Å². The van der Waals surface area contributed by atoms with Gasteiger partial charge in [0, 0.05) is 6.42 Å². The van der Waals surface area contributed by atoms with Gasteiger partial charge in [0.1, 0.15) is 0 Å². The molecule has 1 N–H and O–H groups in total. The van der Waals surface area contributed by atoms with E-state index in [1.165, 1.54) is 5.56 Å². The minimum Gasteiger partial charge on any atom is -0.388 e. The van der Waals surface area contributed by atoms with Crippen molar-refractivity contribution < 1.29 is 14.6 Å². The average Bonchev–Trinajstić information content (AvgIpc) is 2.76. The Labute approximate surface area is 102 Å². The van der Waals surface area contributed by atoms with E-state index in [-0.39, 0.29) is 12.2 Å². The van der Waals surface area contributed by atoms with Crippen LogP contribution in [0.5, 0.6) is 0 Å². The fourth-order valence-corrected chi connectivity index (χ4v) is 2.00. The van der Waals surface area contributed by atoms with Gasteiger partial charge in [0.25, 0.3) is 0 Å². The molecule has 1 aromatic rings. The van der Waals surface area contributed by atoms with Crippen LogP contribution in [0.25, 0.3) is 0 Å². The summed E-state index contributed by atoms with van der Waals surface area (Å²) in [7, 11) is 0. The minimum atomic E-state index is -0.787. The zero-order valence-corrected chi connectivity index (χ0v) is 10.4. The van der Waals surface area contributed by atoms with Gasteiger partial charge in [0.2, 0.25) is 0 Å². The summed E-state index contributed by atoms with van der Waals surface area (Å²) in [6, 6.07) is 10.1. The molecule has 0 spiro atoms. The van der Waals surface area contributed by atoms with E-state index in [1.807, 2.05) is 30.3 Å². The summed E-state index contributed by atoms with van der Waals surface area (Å²) in [5.41, 5.74) is 0.379. The van der Waals surface area contributed by atoms with Gasteiger partial charge in [-0.1, -0.05) is 30.3 Å². The number of hydrogen-bond acceptors (Lipinski definition) is 3. The second kappa shape index (κ2) is 5.17. The zero-order chi connectivity index (χ0) is 12.3. The molecule has 0 radical (unpaired) electrons. The van der Waals surface area contributed by atoms with Gasteiger partial charge in [-0.3, -0.25) is 0 Å². The Bertz CT molecular complexity index is 342. The first-order valence-corrected chi connectivity index (χ1v) is 6.05. The molecule has 0 saturated carbocycles. The quantitative estimate of drug-likeness (QED) is 0.870. The third kappa shape index (κ3) is 3.53. The lowest BCUT2D eigenvalue weighted by Gasteiger charge is -2.24. The highest BCUT2D eigenvalue weighted by Crippen LogP contribution is 2.25. The first-order valence-electron chi connectivity index (χ1n) is 6.05. The van der Waals surface area contributed by atoms with Crippen LogP contribution in [0.2, 0.25) is 0 Å². The molecule has 1 heterocycles. The standard InChI is InChI=1S/C14H20O3/c1-14(2,15)13-8-12(10-17-13)16-9-11-6-4-3-5-7-11/h3-7,12-13,15H,8-10H2,1-2H3/t12-,13-/m0/s1. The van der Waals surface area contributed by atoms with Crippen LogP contribution in [0.4, 0.5) is 0 Å². The maximum absolute atomic E-state index is 9.84. The highest BCUT2D eigenvalue weighted by atomic mass is 16.6. The number of rotatable bonds is 4. The summed E-state index contributed by atoms with van der Waals surface area (Å²) in [6.07, 6.45) is 0.728. The van der Waals surface area contributed by atoms with E-state index in [1.54, 1.807) is 13.8 Å². The number of ether oxygens (including phenoxy) is 2. The van der Waals surface area contributed by atoms with Crippen LogP contribution in [0.1, 0.15) is 25.8 Å². The second-order valence-electron chi connectivity index (χ2n) is 5.13. The van der Waals surface area contributed by atoms with E-state index in [0.29, 0.717) is 13.2 Å². The van der Waals surface area contributed by atoms with Gasteiger partial charge in [-0.15, -0.1) is 0 Å². The molecular weight excluding hydrogens is 216 g/mol. The summed E-state index contributed by atoms with van der Waals surface area (Å²) in [6.45, 7) is 4.73. The SMILES string of the molecule is CC(C)(O)[C@@H]1C[C@H](OCc2ccccc2)CO1. The van der Waals surface area contributed by atoms with Gasteiger partial charge in [0.15, 0.2) is 0 Å². The van der Waals surface area contributed by atoms with Crippen LogP contribution in [0.15, 0.2) is 30.3 Å². The molecule has 3 nitrogen and oxygen atoms in total. The van der Waals surface area contributed by atoms with E-state index in [2.05, 4.69) is 0 Å². The van der Waals surface area contributed by atoms with Gasteiger partial charge in [-0.2, -0.15) is 0 Å². The van der Waals surface area contributed by atoms with Crippen molar-refractivity contribution in [2.24, 2.45) is 0 Å². The Hall–Kier alpha value is -0.900. The van der Waals surface area contributed by atoms with Gasteiger partial charge >= 0.3 is 0 Å². The van der Waals surface area contributed by atoms with Crippen LogP contribution < -0.4 is 0 Å². The lowest BCUT2D eigenvalue weighted by molar-refractivity contribution is -0.0608. The first kappa shape index (κ1) is 12.6. The van der Waals surface area contributed by atoms with Crippen molar-refractivity contribution in [1.29, 1.82) is 0 Å². The number of benzene rings is 1. The van der Waals surface area contributed by atoms with Crippen molar-refractivity contribution in [2.75, 3.05) is 6.61 Å². The number of aliphatic hydroxyl groups is 1. The van der Waals surface area contributed by atoms with Crippen LogP contribution in [0, 0.1) is 0 Å². The summed E-state index contributed by atoms with van der Waals surface area (Å²) in [5.74, 6) is 0. The second-order valence-corrected chi connectivity index (χ2v) is 5.13. The van der Waals surface area contributed by atoms with E-state index in [9.17, 15) is 5.11 Å². The zero-order valence-electron chi connectivity index (χ0n) is 10.4. The molecule has 0 aromatic heterocycles. The Morgan fingerprint density at radius 2 is 2.06 bits per heavy atom. The third-order valence-electron chi connectivity index (χ3n) is 3.08. The lowest BCUT2D eigenvalue weighted by atomic mass is 9.99. The van der Waals surface area contributed by atoms with Crippen LogP contribution in [-0.2, 0) is 16.1 Å². The average molecular weight is 236 g/mol. The summed E-state index contributed by atoms with van der Waals surface area (Å²) in [4.78, 5) is 0. The van der Waals surface area contributed by atoms with Gasteiger partial charge in [0.05, 0.1) is 31.0 Å². The Morgan fingerprint density at radius 1 is 1.35 bits per heavy atom. The van der Waals surface area contributed by atoms with Crippen LogP contribution in [-0.4, -0.2) is 29.5 Å². The van der Waals surface area contributed by atoms with Crippen molar-refractivity contribution >= 4 is 0 Å². The molecule has 1 fully saturated rings. The fraction of sp³-hybridized carbons (Fsp3) is 0.571. The van der Waals surface area contributed by atoms with E-state index >= 15 is 0 Å². The van der Waals surface area contributed by atoms with Crippen molar-refractivity contribution in [3.8, 4) is 0 Å². The highest BCUT2D eigenvalue weighted by Gasteiger charge is 2.36. The smallest absolute Gasteiger partial charge is 0.0883 e. The topological polar surface area (TPSA) is 38.7 Å². The monoisotopic (exact) mass is 236 g/mol. The molecule has 3 heteroatoms. The number of hydrogen-bond donors (Lipinski definition) is 1. The lowest BCUT2D eigenvalue weighted by Crippen LogP contribution is -2.35. The predicted molar refractivity (Wildman–Crippen MR) is 65.7 cm³/mol. The molecule has 2 atom stereocenters. The minimum absolute atomic E-state index is 0.0895. The molecule has 17 heavy (non-hydrogen) atoms. The molecule has 0 amide bonds. The molecule has 94 valence electrons. The molecule has 0 unspecified atom stereocenters. The maximum atomic E-state index is 9.84.